The number of nitrogens with zero attached hydrogens (tertiary/aromatic N) is 3. The number of rotatable bonds is 2. The van der Waals surface area contributed by atoms with E-state index in [-0.39, 0.29) is 0 Å². The third-order valence-electron chi connectivity index (χ3n) is 3.76. The molecule has 0 saturated heterocycles. The van der Waals surface area contributed by atoms with Crippen molar-refractivity contribution in [2.45, 2.75) is 27.7 Å². The Morgan fingerprint density at radius 1 is 0.704 bits per heavy atom. The summed E-state index contributed by atoms with van der Waals surface area (Å²) in [7, 11) is 0. The second-order valence-corrected chi connectivity index (χ2v) is 5.24. The van der Waals surface area contributed by atoms with Gasteiger partial charge in [-0.25, -0.2) is 9.97 Å². The normalized spacial score (nSPS) is 9.63. The van der Waals surface area contributed by atoms with Crippen LogP contribution in [-0.4, -0.2) is 15.0 Å². The number of hydrogen-bond acceptors (Lipinski definition) is 4. The van der Waals surface area contributed by atoms with Gasteiger partial charge in [0, 0.05) is 28.9 Å². The fourth-order valence-corrected chi connectivity index (χ4v) is 2.65. The van der Waals surface area contributed by atoms with E-state index in [9.17, 15) is 0 Å². The van der Waals surface area contributed by atoms with Crippen LogP contribution in [0, 0.1) is 0 Å². The van der Waals surface area contributed by atoms with Crippen molar-refractivity contribution in [3.05, 3.63) is 73.1 Å². The summed E-state index contributed by atoms with van der Waals surface area (Å²) < 4.78 is 0. The molecule has 2 aromatic heterocycles. The minimum Gasteiger partial charge on any atom is -0.383 e. The van der Waals surface area contributed by atoms with Crippen molar-refractivity contribution in [2.75, 3.05) is 5.73 Å². The average Bonchev–Trinajstić information content (AvgIpc) is 2.77. The fourth-order valence-electron chi connectivity index (χ4n) is 2.65. The lowest BCUT2D eigenvalue weighted by atomic mass is 10.0. The Morgan fingerprint density at radius 3 is 2.07 bits per heavy atom. The third kappa shape index (κ3) is 4.47. The molecule has 4 aromatic rings. The monoisotopic (exact) mass is 358 g/mol. The molecule has 0 saturated carbocycles. The maximum absolute atomic E-state index is 6.17. The maximum Gasteiger partial charge on any atom is 0.163 e. The van der Waals surface area contributed by atoms with Crippen molar-refractivity contribution in [2.24, 2.45) is 0 Å². The highest BCUT2D eigenvalue weighted by Crippen LogP contribution is 2.31. The zero-order valence-electron chi connectivity index (χ0n) is 16.3. The number of nitrogen functional groups attached to an aromatic ring is 1. The van der Waals surface area contributed by atoms with Gasteiger partial charge in [0.2, 0.25) is 0 Å². The van der Waals surface area contributed by atoms with E-state index in [1.165, 1.54) is 0 Å². The summed E-state index contributed by atoms with van der Waals surface area (Å²) in [6.07, 6.45) is 3.47. The molecule has 2 N–H and O–H groups in total. The topological polar surface area (TPSA) is 64.7 Å². The summed E-state index contributed by atoms with van der Waals surface area (Å²) in [5.41, 5.74) is 10.0. The van der Waals surface area contributed by atoms with E-state index in [0.29, 0.717) is 11.6 Å². The van der Waals surface area contributed by atoms with E-state index in [2.05, 4.69) is 28.2 Å². The molecule has 4 nitrogen and oxygen atoms in total. The zero-order chi connectivity index (χ0) is 19.6. The molecule has 2 aromatic carbocycles. The number of aromatic nitrogens is 3. The third-order valence-corrected chi connectivity index (χ3v) is 3.76. The average molecular weight is 358 g/mol. The van der Waals surface area contributed by atoms with Gasteiger partial charge in [0.05, 0.1) is 5.52 Å². The van der Waals surface area contributed by atoms with Crippen molar-refractivity contribution >= 4 is 16.7 Å². The number of pyridine rings is 1. The first-order valence-electron chi connectivity index (χ1n) is 9.35. The van der Waals surface area contributed by atoms with Crippen LogP contribution in [-0.2, 0) is 0 Å². The summed E-state index contributed by atoms with van der Waals surface area (Å²) >= 11 is 0. The smallest absolute Gasteiger partial charge is 0.163 e. The highest BCUT2D eigenvalue weighted by Gasteiger charge is 2.11. The van der Waals surface area contributed by atoms with E-state index in [1.807, 2.05) is 70.2 Å². The van der Waals surface area contributed by atoms with Gasteiger partial charge in [-0.15, -0.1) is 0 Å². The van der Waals surface area contributed by atoms with Crippen LogP contribution in [0.15, 0.2) is 73.1 Å². The Balaban J connectivity index is 0.000000614. The van der Waals surface area contributed by atoms with Gasteiger partial charge in [-0.2, -0.15) is 0 Å². The summed E-state index contributed by atoms with van der Waals surface area (Å²) in [4.78, 5) is 13.3. The summed E-state index contributed by atoms with van der Waals surface area (Å²) in [6, 6.07) is 19.9. The van der Waals surface area contributed by atoms with Crippen molar-refractivity contribution in [3.63, 3.8) is 0 Å². The first-order valence-corrected chi connectivity index (χ1v) is 9.35. The van der Waals surface area contributed by atoms with Gasteiger partial charge in [-0.3, -0.25) is 4.98 Å². The molecule has 0 fully saturated rings. The van der Waals surface area contributed by atoms with Crippen LogP contribution < -0.4 is 5.73 Å². The van der Waals surface area contributed by atoms with Crippen LogP contribution in [0.3, 0.4) is 0 Å². The van der Waals surface area contributed by atoms with Crippen LogP contribution in [0.25, 0.3) is 33.4 Å². The Kier molecular flexibility index (Phi) is 7.44. The predicted octanol–water partition coefficient (Wildman–Crippen LogP) is 5.99. The molecule has 4 heteroatoms. The van der Waals surface area contributed by atoms with Crippen molar-refractivity contribution in [1.29, 1.82) is 0 Å². The van der Waals surface area contributed by atoms with E-state index in [1.54, 1.807) is 12.4 Å². The minimum absolute atomic E-state index is 0.478. The number of fused-ring (bicyclic) bond motifs is 1. The standard InChI is InChI=1S/C19H14N4.2C2H6/c20-18-16-10-4-9-15(13-6-2-1-3-7-13)17(16)22-19(23-18)14-8-5-11-21-12-14;2*1-2/h1-12H,(H2,20,22,23);2*1-2H3. The number of anilines is 1. The predicted molar refractivity (Wildman–Crippen MR) is 115 cm³/mol. The number of para-hydroxylation sites is 1. The van der Waals surface area contributed by atoms with Crippen LogP contribution >= 0.6 is 0 Å². The van der Waals surface area contributed by atoms with Crippen LogP contribution in [0.1, 0.15) is 27.7 Å². The molecule has 0 spiro atoms. The van der Waals surface area contributed by atoms with Gasteiger partial charge in [0.15, 0.2) is 5.82 Å². The van der Waals surface area contributed by atoms with Crippen LogP contribution in [0.2, 0.25) is 0 Å². The second kappa shape index (κ2) is 10.0. The maximum atomic E-state index is 6.17. The first-order chi connectivity index (χ1) is 13.3. The summed E-state index contributed by atoms with van der Waals surface area (Å²) in [5, 5.41) is 0.860. The van der Waals surface area contributed by atoms with Crippen molar-refractivity contribution < 1.29 is 0 Å². The van der Waals surface area contributed by atoms with E-state index >= 15 is 0 Å². The van der Waals surface area contributed by atoms with Gasteiger partial charge < -0.3 is 5.73 Å². The lowest BCUT2D eigenvalue weighted by Gasteiger charge is -2.09. The molecule has 0 amide bonds. The SMILES string of the molecule is CC.CC.Nc1nc(-c2cccnc2)nc2c(-c3ccccc3)cccc12. The summed E-state index contributed by atoms with van der Waals surface area (Å²) in [5.74, 6) is 1.07. The van der Waals surface area contributed by atoms with Gasteiger partial charge in [-0.05, 0) is 23.8 Å². The largest absolute Gasteiger partial charge is 0.383 e. The van der Waals surface area contributed by atoms with Crippen molar-refractivity contribution in [1.82, 2.24) is 15.0 Å². The molecule has 4 rings (SSSR count). The van der Waals surface area contributed by atoms with Crippen molar-refractivity contribution in [3.8, 4) is 22.5 Å². The Morgan fingerprint density at radius 2 is 1.41 bits per heavy atom. The first kappa shape index (κ1) is 20.0. The molecular weight excluding hydrogens is 332 g/mol. The molecule has 0 bridgehead atoms. The van der Waals surface area contributed by atoms with Gasteiger partial charge >= 0.3 is 0 Å². The molecule has 0 aliphatic heterocycles. The van der Waals surface area contributed by atoms with E-state index < -0.39 is 0 Å². The molecule has 0 unspecified atom stereocenters. The fraction of sp³-hybridized carbons (Fsp3) is 0.174. The lowest BCUT2D eigenvalue weighted by molar-refractivity contribution is 1.21. The molecule has 0 atom stereocenters. The lowest BCUT2D eigenvalue weighted by Crippen LogP contribution is -1.99. The molecule has 138 valence electrons. The van der Waals surface area contributed by atoms with E-state index in [4.69, 9.17) is 10.7 Å². The number of hydrogen-bond donors (Lipinski definition) is 1. The van der Waals surface area contributed by atoms with Gasteiger partial charge in [0.25, 0.3) is 0 Å². The zero-order valence-corrected chi connectivity index (χ0v) is 16.3. The Bertz CT molecular complexity index is 967. The Hall–Kier alpha value is -3.27. The number of nitrogens with two attached hydrogens (primary N) is 1. The van der Waals surface area contributed by atoms with Crippen LogP contribution in [0.4, 0.5) is 5.82 Å². The molecule has 27 heavy (non-hydrogen) atoms. The Labute approximate surface area is 161 Å². The number of benzene rings is 2. The van der Waals surface area contributed by atoms with Gasteiger partial charge in [0.1, 0.15) is 5.82 Å². The van der Waals surface area contributed by atoms with E-state index in [0.717, 1.165) is 27.6 Å². The quantitative estimate of drug-likeness (QED) is 0.478. The highest BCUT2D eigenvalue weighted by molar-refractivity contribution is 5.99. The molecular formula is C23H26N4. The molecule has 0 aliphatic rings. The van der Waals surface area contributed by atoms with Crippen LogP contribution in [0.5, 0.6) is 0 Å². The summed E-state index contributed by atoms with van der Waals surface area (Å²) in [6.45, 7) is 8.00. The molecule has 0 radical (unpaired) electrons. The minimum atomic E-state index is 0.478. The molecule has 0 aliphatic carbocycles. The molecule has 2 heterocycles. The second-order valence-electron chi connectivity index (χ2n) is 5.24. The highest BCUT2D eigenvalue weighted by atomic mass is 14.9. The van der Waals surface area contributed by atoms with Gasteiger partial charge in [-0.1, -0.05) is 70.2 Å².